The third-order valence-corrected chi connectivity index (χ3v) is 7.95. The number of rotatable bonds is 7. The Morgan fingerprint density at radius 2 is 1.56 bits per heavy atom. The van der Waals surface area contributed by atoms with Crippen LogP contribution >= 0.6 is 0 Å². The van der Waals surface area contributed by atoms with Gasteiger partial charge in [0.2, 0.25) is 0 Å². The molecule has 0 spiro atoms. The molecule has 0 radical (unpaired) electrons. The van der Waals surface area contributed by atoms with Gasteiger partial charge >= 0.3 is 12.4 Å². The summed E-state index contributed by atoms with van der Waals surface area (Å²) in [4.78, 5) is 27.9. The standard InChI is InChI=1S/C33H36F3N3O4/c1-22-7-5-12-29(30(22)23-13-15-27(16-14-23)43-33(34,35)36)31(40)37-25-10-6-11-28(21-25)42-26-17-19-39(20-18-26)32(41)38-24-8-3-2-4-9-24/h5-7,10-16,21,24,26H,2-4,8-9,17-20H2,1H3,(H,37,40)(H,38,41). The van der Waals surface area contributed by atoms with Crippen LogP contribution in [0.3, 0.4) is 0 Å². The van der Waals surface area contributed by atoms with Crippen molar-refractivity contribution in [2.45, 2.75) is 70.4 Å². The minimum absolute atomic E-state index is 0.0103. The third kappa shape index (κ3) is 8.21. The number of piperidine rings is 1. The van der Waals surface area contributed by atoms with Gasteiger partial charge in [-0.25, -0.2) is 4.79 Å². The molecule has 0 unspecified atom stereocenters. The zero-order valence-electron chi connectivity index (χ0n) is 24.1. The molecule has 1 heterocycles. The van der Waals surface area contributed by atoms with E-state index in [4.69, 9.17) is 4.74 Å². The number of aryl methyl sites for hydroxylation is 1. The van der Waals surface area contributed by atoms with E-state index in [-0.39, 0.29) is 29.8 Å². The van der Waals surface area contributed by atoms with Gasteiger partial charge in [0.05, 0.1) is 0 Å². The van der Waals surface area contributed by atoms with E-state index < -0.39 is 6.36 Å². The zero-order chi connectivity index (χ0) is 30.4. The Balaban J connectivity index is 1.19. The lowest BCUT2D eigenvalue weighted by molar-refractivity contribution is -0.274. The maximum atomic E-state index is 13.4. The number of nitrogens with one attached hydrogen (secondary N) is 2. The number of benzene rings is 3. The molecule has 10 heteroatoms. The first-order chi connectivity index (χ1) is 20.6. The number of ether oxygens (including phenoxy) is 2. The quantitative estimate of drug-likeness (QED) is 0.293. The summed E-state index contributed by atoms with van der Waals surface area (Å²) in [6.07, 6.45) is 2.30. The summed E-state index contributed by atoms with van der Waals surface area (Å²) in [6.45, 7) is 3.09. The second-order valence-corrected chi connectivity index (χ2v) is 11.1. The largest absolute Gasteiger partial charge is 0.573 e. The molecule has 1 aliphatic carbocycles. The lowest BCUT2D eigenvalue weighted by Crippen LogP contribution is -2.49. The van der Waals surface area contributed by atoms with E-state index in [2.05, 4.69) is 15.4 Å². The van der Waals surface area contributed by atoms with E-state index in [0.29, 0.717) is 54.1 Å². The second kappa shape index (κ2) is 13.4. The van der Waals surface area contributed by atoms with Crippen molar-refractivity contribution in [2.24, 2.45) is 0 Å². The lowest BCUT2D eigenvalue weighted by atomic mass is 9.94. The van der Waals surface area contributed by atoms with Gasteiger partial charge in [-0.15, -0.1) is 13.2 Å². The number of carbonyl (C=O) groups excluding carboxylic acids is 2. The average molecular weight is 596 g/mol. The maximum absolute atomic E-state index is 13.4. The Labute approximate surface area is 249 Å². The highest BCUT2D eigenvalue weighted by Gasteiger charge is 2.31. The van der Waals surface area contributed by atoms with Crippen LogP contribution in [0.2, 0.25) is 0 Å². The molecule has 1 saturated carbocycles. The zero-order valence-corrected chi connectivity index (χ0v) is 24.1. The highest BCUT2D eigenvalue weighted by Crippen LogP contribution is 2.32. The van der Waals surface area contributed by atoms with Gasteiger partial charge in [-0.3, -0.25) is 4.79 Å². The number of anilines is 1. The van der Waals surface area contributed by atoms with Crippen LogP contribution in [0.5, 0.6) is 11.5 Å². The molecule has 0 atom stereocenters. The summed E-state index contributed by atoms with van der Waals surface area (Å²) in [5.74, 6) is -0.0718. The number of alkyl halides is 3. The van der Waals surface area contributed by atoms with E-state index in [9.17, 15) is 22.8 Å². The molecule has 43 heavy (non-hydrogen) atoms. The number of amides is 3. The summed E-state index contributed by atoms with van der Waals surface area (Å²) < 4.78 is 47.9. The normalized spacial score (nSPS) is 16.4. The third-order valence-electron chi connectivity index (χ3n) is 7.95. The van der Waals surface area contributed by atoms with Crippen LogP contribution in [-0.2, 0) is 0 Å². The van der Waals surface area contributed by atoms with Gasteiger partial charge in [-0.05, 0) is 66.8 Å². The van der Waals surface area contributed by atoms with E-state index in [1.54, 1.807) is 30.3 Å². The first-order valence-corrected chi connectivity index (χ1v) is 14.7. The van der Waals surface area contributed by atoms with E-state index in [1.807, 2.05) is 24.0 Å². The first-order valence-electron chi connectivity index (χ1n) is 14.7. The van der Waals surface area contributed by atoms with Crippen molar-refractivity contribution < 1.29 is 32.2 Å². The summed E-state index contributed by atoms with van der Waals surface area (Å²) in [7, 11) is 0. The van der Waals surface area contributed by atoms with Crippen LogP contribution in [0.1, 0.15) is 60.9 Å². The maximum Gasteiger partial charge on any atom is 0.573 e. The van der Waals surface area contributed by atoms with Crippen LogP contribution in [0, 0.1) is 6.92 Å². The molecule has 5 rings (SSSR count). The fourth-order valence-electron chi connectivity index (χ4n) is 5.79. The van der Waals surface area contributed by atoms with Crippen LogP contribution < -0.4 is 20.1 Å². The van der Waals surface area contributed by atoms with Gasteiger partial charge in [0.25, 0.3) is 5.91 Å². The number of hydrogen-bond acceptors (Lipinski definition) is 4. The summed E-state index contributed by atoms with van der Waals surface area (Å²) >= 11 is 0. The molecule has 0 bridgehead atoms. The topological polar surface area (TPSA) is 79.9 Å². The van der Waals surface area contributed by atoms with Crippen LogP contribution in [0.4, 0.5) is 23.7 Å². The predicted octanol–water partition coefficient (Wildman–Crippen LogP) is 7.70. The van der Waals surface area contributed by atoms with Crippen molar-refractivity contribution in [3.8, 4) is 22.6 Å². The van der Waals surface area contributed by atoms with Gasteiger partial charge < -0.3 is 25.0 Å². The van der Waals surface area contributed by atoms with Crippen molar-refractivity contribution in [3.05, 3.63) is 77.9 Å². The minimum atomic E-state index is -4.78. The number of halogens is 3. The molecule has 2 N–H and O–H groups in total. The SMILES string of the molecule is Cc1cccc(C(=O)Nc2cccc(OC3CCN(C(=O)NC4CCCCC4)CC3)c2)c1-c1ccc(OC(F)(F)F)cc1. The van der Waals surface area contributed by atoms with Gasteiger partial charge in [-0.1, -0.05) is 49.6 Å². The molecule has 1 aliphatic heterocycles. The molecular weight excluding hydrogens is 559 g/mol. The molecule has 0 aromatic heterocycles. The molecule has 3 aromatic rings. The molecule has 7 nitrogen and oxygen atoms in total. The number of likely N-dealkylation sites (tertiary alicyclic amines) is 1. The van der Waals surface area contributed by atoms with Gasteiger partial charge in [0.1, 0.15) is 17.6 Å². The van der Waals surface area contributed by atoms with Crippen LogP contribution in [0.15, 0.2) is 66.7 Å². The number of nitrogens with zero attached hydrogens (tertiary/aromatic N) is 1. The fourth-order valence-corrected chi connectivity index (χ4v) is 5.79. The summed E-state index contributed by atoms with van der Waals surface area (Å²) in [6, 6.07) is 18.2. The average Bonchev–Trinajstić information content (AvgIpc) is 2.98. The van der Waals surface area contributed by atoms with Crippen LogP contribution in [0.25, 0.3) is 11.1 Å². The molecule has 2 aliphatic rings. The monoisotopic (exact) mass is 595 g/mol. The van der Waals surface area contributed by atoms with E-state index >= 15 is 0 Å². The number of hydrogen-bond donors (Lipinski definition) is 2. The molecule has 228 valence electrons. The molecule has 1 saturated heterocycles. The second-order valence-electron chi connectivity index (χ2n) is 11.1. The van der Waals surface area contributed by atoms with E-state index in [1.165, 1.54) is 43.5 Å². The van der Waals surface area contributed by atoms with E-state index in [0.717, 1.165) is 18.4 Å². The van der Waals surface area contributed by atoms with Crippen molar-refractivity contribution in [2.75, 3.05) is 18.4 Å². The number of urea groups is 1. The van der Waals surface area contributed by atoms with Crippen molar-refractivity contribution in [3.63, 3.8) is 0 Å². The highest BCUT2D eigenvalue weighted by atomic mass is 19.4. The van der Waals surface area contributed by atoms with Crippen molar-refractivity contribution >= 4 is 17.6 Å². The summed E-state index contributed by atoms with van der Waals surface area (Å²) in [5, 5.41) is 6.10. The molecular formula is C33H36F3N3O4. The Hall–Kier alpha value is -4.21. The highest BCUT2D eigenvalue weighted by molar-refractivity contribution is 6.09. The molecule has 3 aromatic carbocycles. The Bertz CT molecular complexity index is 1410. The first kappa shape index (κ1) is 30.3. The van der Waals surface area contributed by atoms with Crippen LogP contribution in [-0.4, -0.2) is 48.4 Å². The van der Waals surface area contributed by atoms with Gasteiger partial charge in [-0.2, -0.15) is 0 Å². The summed E-state index contributed by atoms with van der Waals surface area (Å²) in [5.41, 5.74) is 2.94. The minimum Gasteiger partial charge on any atom is -0.490 e. The van der Waals surface area contributed by atoms with Gasteiger partial charge in [0, 0.05) is 49.3 Å². The Kier molecular flexibility index (Phi) is 9.43. The number of carbonyl (C=O) groups is 2. The predicted molar refractivity (Wildman–Crippen MR) is 158 cm³/mol. The fraction of sp³-hybridized carbons (Fsp3) is 0.394. The molecule has 3 amide bonds. The molecule has 2 fully saturated rings. The van der Waals surface area contributed by atoms with Crippen molar-refractivity contribution in [1.82, 2.24) is 10.2 Å². The van der Waals surface area contributed by atoms with Gasteiger partial charge in [0.15, 0.2) is 0 Å². The lowest BCUT2D eigenvalue weighted by Gasteiger charge is -2.34. The smallest absolute Gasteiger partial charge is 0.490 e. The Morgan fingerprint density at radius 3 is 2.26 bits per heavy atom. The van der Waals surface area contributed by atoms with Crippen molar-refractivity contribution in [1.29, 1.82) is 0 Å². The Morgan fingerprint density at radius 1 is 0.860 bits per heavy atom.